The summed E-state index contributed by atoms with van der Waals surface area (Å²) in [5.41, 5.74) is -4.24. The molecule has 1 saturated carbocycles. The molecule has 3 amide bonds. The number of nitrogens with zero attached hydrogens (tertiary/aromatic N) is 2. The fourth-order valence-electron chi connectivity index (χ4n) is 6.97. The molecule has 3 heterocycles. The Bertz CT molecular complexity index is 1680. The van der Waals surface area contributed by atoms with Crippen molar-refractivity contribution in [2.45, 2.75) is 68.8 Å². The number of morpholine rings is 1. The number of ether oxygens (including phenoxy) is 1. The van der Waals surface area contributed by atoms with Crippen LogP contribution in [0.2, 0.25) is 0 Å². The van der Waals surface area contributed by atoms with Crippen molar-refractivity contribution in [3.05, 3.63) is 70.6 Å². The number of hydrogen-bond donors (Lipinski definition) is 3. The molecule has 3 aliphatic rings. The molecule has 2 aromatic carbocycles. The second kappa shape index (κ2) is 13.7. The molecule has 0 bridgehead atoms. The molecule has 0 radical (unpaired) electrons. The largest absolute Gasteiger partial charge is 0.399 e. The van der Waals surface area contributed by atoms with Crippen molar-refractivity contribution in [2.75, 3.05) is 26.2 Å². The Labute approximate surface area is 275 Å². The van der Waals surface area contributed by atoms with Crippen LogP contribution >= 0.6 is 18.9 Å². The van der Waals surface area contributed by atoms with Crippen LogP contribution in [0.15, 0.2) is 54.6 Å². The summed E-state index contributed by atoms with van der Waals surface area (Å²) in [7, 11) is -5.76. The minimum absolute atomic E-state index is 0.120. The molecule has 1 unspecified atom stereocenters. The Hall–Kier alpha value is -3.22. The van der Waals surface area contributed by atoms with E-state index >= 15 is 0 Å². The van der Waals surface area contributed by atoms with Crippen molar-refractivity contribution >= 4 is 46.7 Å². The molecule has 6 rings (SSSR count). The van der Waals surface area contributed by atoms with Gasteiger partial charge in [0.1, 0.15) is 18.2 Å². The molecule has 0 spiro atoms. The lowest BCUT2D eigenvalue weighted by Crippen LogP contribution is -2.57. The average Bonchev–Trinajstić information content (AvgIpc) is 3.74. The summed E-state index contributed by atoms with van der Waals surface area (Å²) in [6, 6.07) is 12.8. The minimum Gasteiger partial charge on any atom is -0.370 e. The SMILES string of the molecule is O=C(NC(C(=O)N1CCC[C@H]1C(=O)N1CCO[C@H](c2ccccc2)C1)C1CCCCC1)c1cc2cc(C(F)(F)P(=O)(O)O)ccc2s1. The first-order valence-electron chi connectivity index (χ1n) is 16.0. The molecule has 1 aliphatic carbocycles. The van der Waals surface area contributed by atoms with E-state index in [0.717, 1.165) is 61.1 Å². The number of carbonyl (C=O) groups is 3. The van der Waals surface area contributed by atoms with Gasteiger partial charge in [-0.1, -0.05) is 55.7 Å². The van der Waals surface area contributed by atoms with Crippen LogP contribution in [0.25, 0.3) is 10.1 Å². The number of amides is 3. The third kappa shape index (κ3) is 7.00. The van der Waals surface area contributed by atoms with Crippen LogP contribution in [0.3, 0.4) is 0 Å². The summed E-state index contributed by atoms with van der Waals surface area (Å²) in [6.07, 6.45) is 5.31. The smallest absolute Gasteiger partial charge is 0.370 e. The van der Waals surface area contributed by atoms with Gasteiger partial charge in [-0.2, -0.15) is 8.78 Å². The first kappa shape index (κ1) is 33.7. The van der Waals surface area contributed by atoms with E-state index in [0.29, 0.717) is 43.8 Å². The number of likely N-dealkylation sites (tertiary alicyclic amines) is 1. The molecule has 10 nitrogen and oxygen atoms in total. The maximum Gasteiger partial charge on any atom is 0.399 e. The highest BCUT2D eigenvalue weighted by molar-refractivity contribution is 7.52. The second-order valence-corrected chi connectivity index (χ2v) is 15.3. The molecule has 3 fully saturated rings. The number of thiophene rings is 1. The van der Waals surface area contributed by atoms with Gasteiger partial charge in [-0.15, -0.1) is 11.3 Å². The van der Waals surface area contributed by atoms with E-state index in [1.165, 1.54) is 12.1 Å². The van der Waals surface area contributed by atoms with Crippen molar-refractivity contribution in [2.24, 2.45) is 5.92 Å². The third-order valence-corrected chi connectivity index (χ3v) is 11.6. The first-order chi connectivity index (χ1) is 22.4. The molecule has 14 heteroatoms. The van der Waals surface area contributed by atoms with Crippen molar-refractivity contribution in [1.29, 1.82) is 0 Å². The van der Waals surface area contributed by atoms with Crippen molar-refractivity contribution in [3.8, 4) is 0 Å². The molecule has 2 aliphatic heterocycles. The highest BCUT2D eigenvalue weighted by Crippen LogP contribution is 2.59. The van der Waals surface area contributed by atoms with Crippen LogP contribution in [0.1, 0.15) is 71.8 Å². The minimum atomic E-state index is -5.76. The highest BCUT2D eigenvalue weighted by Gasteiger charge is 2.50. The topological polar surface area (TPSA) is 136 Å². The van der Waals surface area contributed by atoms with Gasteiger partial charge in [0.2, 0.25) is 11.8 Å². The molecule has 2 saturated heterocycles. The Morgan fingerprint density at radius 2 is 1.72 bits per heavy atom. The molecule has 3 atom stereocenters. The number of alkyl halides is 2. The summed E-state index contributed by atoms with van der Waals surface area (Å²) >= 11 is 1.04. The zero-order chi connectivity index (χ0) is 33.3. The standard InChI is InChI=1S/C33H38F2N3O7PS/c34-33(35,46(42,43)44)24-13-14-27-23(18-24)19-28(47-27)30(39)36-29(22-10-5-2-6-11-22)32(41)38-15-7-12-25(38)31(40)37-16-17-45-26(20-37)21-8-3-1-4-9-21/h1,3-4,8-9,13-14,18-19,22,25-26,29H,2,5-7,10-12,15-17,20H2,(H,36,39)(H2,42,43,44)/t25-,26-,29?/m0/s1. The Kier molecular flexibility index (Phi) is 9.83. The number of carbonyl (C=O) groups excluding carboxylic acids is 3. The van der Waals surface area contributed by atoms with Gasteiger partial charge in [0, 0.05) is 23.4 Å². The van der Waals surface area contributed by atoms with Gasteiger partial charge in [0.15, 0.2) is 0 Å². The van der Waals surface area contributed by atoms with E-state index in [1.807, 2.05) is 30.3 Å². The molecular weight excluding hydrogens is 651 g/mol. The molecule has 3 aromatic rings. The van der Waals surface area contributed by atoms with Crippen molar-refractivity contribution < 1.29 is 42.3 Å². The van der Waals surface area contributed by atoms with Gasteiger partial charge in [0.25, 0.3) is 5.91 Å². The highest BCUT2D eigenvalue weighted by atomic mass is 32.1. The van der Waals surface area contributed by atoms with Gasteiger partial charge in [-0.25, -0.2) is 0 Å². The van der Waals surface area contributed by atoms with E-state index in [9.17, 15) is 27.7 Å². The summed E-state index contributed by atoms with van der Waals surface area (Å²) in [5, 5.41) is 3.17. The molecular formula is C33H38F2N3O7PS. The molecule has 3 N–H and O–H groups in total. The number of hydrogen-bond acceptors (Lipinski definition) is 6. The average molecular weight is 690 g/mol. The Balaban J connectivity index is 1.20. The van der Waals surface area contributed by atoms with Crippen molar-refractivity contribution in [3.63, 3.8) is 0 Å². The Morgan fingerprint density at radius 1 is 0.979 bits per heavy atom. The van der Waals surface area contributed by atoms with Crippen LogP contribution in [0.4, 0.5) is 8.78 Å². The fraction of sp³-hybridized carbons (Fsp3) is 0.485. The second-order valence-electron chi connectivity index (χ2n) is 12.5. The predicted molar refractivity (Wildman–Crippen MR) is 172 cm³/mol. The summed E-state index contributed by atoms with van der Waals surface area (Å²) in [5.74, 6) is -1.08. The lowest BCUT2D eigenvalue weighted by atomic mass is 9.83. The van der Waals surface area contributed by atoms with Crippen LogP contribution < -0.4 is 5.32 Å². The lowest BCUT2D eigenvalue weighted by molar-refractivity contribution is -0.150. The Morgan fingerprint density at radius 3 is 2.45 bits per heavy atom. The van der Waals surface area contributed by atoms with Crippen LogP contribution in [0.5, 0.6) is 0 Å². The molecule has 1 aromatic heterocycles. The molecule has 252 valence electrons. The maximum atomic E-state index is 14.4. The van der Waals surface area contributed by atoms with Gasteiger partial charge in [-0.05, 0) is 60.7 Å². The van der Waals surface area contributed by atoms with E-state index < -0.39 is 36.8 Å². The van der Waals surface area contributed by atoms with E-state index in [2.05, 4.69) is 5.32 Å². The molecule has 47 heavy (non-hydrogen) atoms. The predicted octanol–water partition coefficient (Wildman–Crippen LogP) is 5.40. The van der Waals surface area contributed by atoms with Gasteiger partial charge < -0.3 is 29.6 Å². The van der Waals surface area contributed by atoms with E-state index in [4.69, 9.17) is 14.5 Å². The zero-order valence-electron chi connectivity index (χ0n) is 25.7. The fourth-order valence-corrected chi connectivity index (χ4v) is 8.39. The van der Waals surface area contributed by atoms with E-state index in [1.54, 1.807) is 9.80 Å². The number of benzene rings is 2. The summed E-state index contributed by atoms with van der Waals surface area (Å²) < 4.78 is 46.5. The van der Waals surface area contributed by atoms with Crippen LogP contribution in [0, 0.1) is 5.92 Å². The first-order valence-corrected chi connectivity index (χ1v) is 18.4. The third-order valence-electron chi connectivity index (χ3n) is 9.50. The summed E-state index contributed by atoms with van der Waals surface area (Å²) in [6.45, 7) is 1.61. The normalized spacial score (nSPS) is 22.0. The van der Waals surface area contributed by atoms with Crippen LogP contribution in [-0.4, -0.2) is 75.6 Å². The van der Waals surface area contributed by atoms with E-state index in [-0.39, 0.29) is 34.1 Å². The number of halogens is 2. The number of fused-ring (bicyclic) bond motifs is 1. The maximum absolute atomic E-state index is 14.4. The monoisotopic (exact) mass is 689 g/mol. The lowest BCUT2D eigenvalue weighted by Gasteiger charge is -2.38. The number of rotatable bonds is 8. The zero-order valence-corrected chi connectivity index (χ0v) is 27.4. The summed E-state index contributed by atoms with van der Waals surface area (Å²) in [4.78, 5) is 63.7. The van der Waals surface area contributed by atoms with Gasteiger partial charge >= 0.3 is 13.3 Å². The van der Waals surface area contributed by atoms with Crippen molar-refractivity contribution in [1.82, 2.24) is 15.1 Å². The quantitative estimate of drug-likeness (QED) is 0.270. The van der Waals surface area contributed by atoms with Gasteiger partial charge in [-0.3, -0.25) is 18.9 Å². The van der Waals surface area contributed by atoms with Crippen LogP contribution in [-0.2, 0) is 24.6 Å². The van der Waals surface area contributed by atoms with Gasteiger partial charge in [0.05, 0.1) is 18.0 Å². The number of nitrogens with one attached hydrogen (secondary N) is 1.